The topological polar surface area (TPSA) is 132 Å². The van der Waals surface area contributed by atoms with Gasteiger partial charge in [-0.15, -0.1) is 5.10 Å². The second kappa shape index (κ2) is 13.4. The molecular weight excluding hydrogens is 591 g/mol. The van der Waals surface area contributed by atoms with Crippen LogP contribution in [-0.2, 0) is 34.3 Å². The zero-order valence-corrected chi connectivity index (χ0v) is 25.9. The van der Waals surface area contributed by atoms with Crippen molar-refractivity contribution < 1.29 is 37.7 Å². The van der Waals surface area contributed by atoms with Crippen molar-refractivity contribution >= 4 is 23.0 Å². The van der Waals surface area contributed by atoms with E-state index in [0.29, 0.717) is 12.5 Å². The summed E-state index contributed by atoms with van der Waals surface area (Å²) in [7, 11) is 1.87. The molecule has 45 heavy (non-hydrogen) atoms. The molecule has 2 N–H and O–H groups in total. The quantitative estimate of drug-likeness (QED) is 0.255. The van der Waals surface area contributed by atoms with E-state index < -0.39 is 23.5 Å². The lowest BCUT2D eigenvalue weighted by Crippen LogP contribution is -2.32. The number of alkyl halides is 3. The number of rotatable bonds is 8. The average Bonchev–Trinajstić information content (AvgIpc) is 3.58. The van der Waals surface area contributed by atoms with Crippen LogP contribution in [0.2, 0.25) is 0 Å². The summed E-state index contributed by atoms with van der Waals surface area (Å²) in [6.07, 6.45) is 1.93. The lowest BCUT2D eigenvalue weighted by atomic mass is 9.69. The number of aliphatic carboxylic acids is 2. The van der Waals surface area contributed by atoms with E-state index in [0.717, 1.165) is 71.6 Å². The maximum absolute atomic E-state index is 12.6. The van der Waals surface area contributed by atoms with Crippen LogP contribution in [0.1, 0.15) is 66.2 Å². The molecule has 2 aromatic heterocycles. The highest BCUT2D eigenvalue weighted by Crippen LogP contribution is 2.44. The van der Waals surface area contributed by atoms with Crippen LogP contribution in [0.3, 0.4) is 0 Å². The summed E-state index contributed by atoms with van der Waals surface area (Å²) in [6, 6.07) is 10.4. The van der Waals surface area contributed by atoms with E-state index in [1.165, 1.54) is 5.56 Å². The van der Waals surface area contributed by atoms with Crippen LogP contribution in [-0.4, -0.2) is 66.1 Å². The monoisotopic (exact) mass is 629 g/mol. The van der Waals surface area contributed by atoms with Gasteiger partial charge in [0.05, 0.1) is 10.9 Å². The number of aromatic nitrogens is 5. The molecule has 0 saturated carbocycles. The molecule has 242 valence electrons. The summed E-state index contributed by atoms with van der Waals surface area (Å²) < 4.78 is 41.2. The van der Waals surface area contributed by atoms with Crippen LogP contribution >= 0.6 is 0 Å². The molecule has 0 amide bonds. The fraction of sp³-hybridized carbons (Fsp3) is 0.469. The van der Waals surface area contributed by atoms with Gasteiger partial charge in [0.15, 0.2) is 0 Å². The number of benzene rings is 2. The standard InChI is InChI=1S/C30H37N5O3.C2HF3O2/c1-19-6-7-22(17-23(19)18-35-13-12-31-26(35)16-21-10-14-38-15-11-21)27(30(3,4)29(36)37)24-8-9-25-28(20(24)2)32-33-34(25)5;3-2(4,5)1(6)7/h6-9,12-13,17,21,27H,10-11,14-16,18H2,1-5H3,(H,36,37);(H,6,7). The Kier molecular flexibility index (Phi) is 10.0. The highest BCUT2D eigenvalue weighted by molar-refractivity contribution is 5.81. The van der Waals surface area contributed by atoms with Gasteiger partial charge < -0.3 is 19.5 Å². The van der Waals surface area contributed by atoms with Crippen LogP contribution in [0.25, 0.3) is 11.0 Å². The zero-order valence-electron chi connectivity index (χ0n) is 25.9. The Balaban J connectivity index is 0.000000591. The van der Waals surface area contributed by atoms with E-state index in [1.54, 1.807) is 4.68 Å². The normalized spacial score (nSPS) is 15.0. The summed E-state index contributed by atoms with van der Waals surface area (Å²) in [5.41, 5.74) is 5.94. The molecule has 0 aliphatic carbocycles. The summed E-state index contributed by atoms with van der Waals surface area (Å²) in [6.45, 7) is 10.1. The molecule has 1 unspecified atom stereocenters. The number of imidazole rings is 1. The van der Waals surface area contributed by atoms with E-state index in [1.807, 2.05) is 52.3 Å². The Morgan fingerprint density at radius 1 is 1.07 bits per heavy atom. The third kappa shape index (κ3) is 7.52. The predicted molar refractivity (Wildman–Crippen MR) is 160 cm³/mol. The maximum Gasteiger partial charge on any atom is 0.490 e. The Labute approximate surface area is 258 Å². The van der Waals surface area contributed by atoms with Crippen LogP contribution in [0, 0.1) is 25.2 Å². The molecule has 1 saturated heterocycles. The number of hydrogen-bond acceptors (Lipinski definition) is 6. The lowest BCUT2D eigenvalue weighted by Gasteiger charge is -2.33. The van der Waals surface area contributed by atoms with E-state index in [2.05, 4.69) is 45.0 Å². The Morgan fingerprint density at radius 3 is 2.36 bits per heavy atom. The maximum atomic E-state index is 12.6. The molecule has 13 heteroatoms. The van der Waals surface area contributed by atoms with E-state index >= 15 is 0 Å². The minimum Gasteiger partial charge on any atom is -0.481 e. The SMILES string of the molecule is Cc1ccc(C(c2ccc3c(nnn3C)c2C)C(C)(C)C(=O)O)cc1Cn1ccnc1CC1CCOCC1.O=C(O)C(F)(F)F. The van der Waals surface area contributed by atoms with Gasteiger partial charge in [-0.05, 0) is 80.3 Å². The van der Waals surface area contributed by atoms with Gasteiger partial charge in [0.25, 0.3) is 0 Å². The molecule has 10 nitrogen and oxygen atoms in total. The fourth-order valence-corrected chi connectivity index (χ4v) is 5.78. The van der Waals surface area contributed by atoms with Crippen molar-refractivity contribution in [2.45, 2.75) is 65.6 Å². The summed E-state index contributed by atoms with van der Waals surface area (Å²) in [5, 5.41) is 26.0. The van der Waals surface area contributed by atoms with Gasteiger partial charge in [0, 0.05) is 51.5 Å². The molecular formula is C32H38F3N5O5. The van der Waals surface area contributed by atoms with Gasteiger partial charge in [-0.1, -0.05) is 29.5 Å². The number of fused-ring (bicyclic) bond motifs is 1. The molecule has 0 spiro atoms. The molecule has 1 aliphatic heterocycles. The highest BCUT2D eigenvalue weighted by atomic mass is 19.4. The molecule has 1 atom stereocenters. The Morgan fingerprint density at radius 2 is 1.73 bits per heavy atom. The van der Waals surface area contributed by atoms with Gasteiger partial charge in [-0.25, -0.2) is 14.5 Å². The first kappa shape index (κ1) is 33.6. The van der Waals surface area contributed by atoms with Crippen LogP contribution < -0.4 is 0 Å². The first-order chi connectivity index (χ1) is 21.1. The van der Waals surface area contributed by atoms with E-state index in [9.17, 15) is 23.1 Å². The molecule has 1 aliphatic rings. The first-order valence-electron chi connectivity index (χ1n) is 14.6. The molecule has 2 aromatic carbocycles. The third-order valence-electron chi connectivity index (χ3n) is 8.57. The minimum absolute atomic E-state index is 0.366. The van der Waals surface area contributed by atoms with Crippen LogP contribution in [0.4, 0.5) is 13.2 Å². The molecule has 0 bridgehead atoms. The number of nitrogens with zero attached hydrogens (tertiary/aromatic N) is 5. The summed E-state index contributed by atoms with van der Waals surface area (Å²) in [5.74, 6) is -2.27. The largest absolute Gasteiger partial charge is 0.490 e. The van der Waals surface area contributed by atoms with Crippen molar-refractivity contribution in [1.82, 2.24) is 24.5 Å². The van der Waals surface area contributed by atoms with Gasteiger partial charge in [0.1, 0.15) is 11.3 Å². The number of carboxylic acid groups (broad SMARTS) is 2. The Bertz CT molecular complexity index is 1670. The Hall–Kier alpha value is -4.26. The number of ether oxygens (including phenoxy) is 1. The zero-order chi connectivity index (χ0) is 33.1. The predicted octanol–water partition coefficient (Wildman–Crippen LogP) is 5.68. The van der Waals surface area contributed by atoms with Crippen molar-refractivity contribution in [1.29, 1.82) is 0 Å². The van der Waals surface area contributed by atoms with Gasteiger partial charge in [-0.3, -0.25) is 4.79 Å². The number of carboxylic acids is 2. The van der Waals surface area contributed by atoms with Crippen LogP contribution in [0.5, 0.6) is 0 Å². The van der Waals surface area contributed by atoms with E-state index in [-0.39, 0.29) is 5.92 Å². The number of halogens is 3. The van der Waals surface area contributed by atoms with Crippen molar-refractivity contribution in [2.75, 3.05) is 13.2 Å². The molecule has 0 radical (unpaired) electrons. The number of aryl methyl sites for hydroxylation is 3. The summed E-state index contributed by atoms with van der Waals surface area (Å²) >= 11 is 0. The fourth-order valence-electron chi connectivity index (χ4n) is 5.78. The second-order valence-electron chi connectivity index (χ2n) is 12.0. The molecule has 1 fully saturated rings. The molecule has 5 rings (SSSR count). The van der Waals surface area contributed by atoms with Gasteiger partial charge >= 0.3 is 18.1 Å². The highest BCUT2D eigenvalue weighted by Gasteiger charge is 2.40. The van der Waals surface area contributed by atoms with E-state index in [4.69, 9.17) is 14.6 Å². The lowest BCUT2D eigenvalue weighted by molar-refractivity contribution is -0.192. The van der Waals surface area contributed by atoms with Crippen molar-refractivity contribution in [3.05, 3.63) is 76.4 Å². The first-order valence-corrected chi connectivity index (χ1v) is 14.6. The number of carbonyl (C=O) groups is 2. The van der Waals surface area contributed by atoms with Gasteiger partial charge in [0.2, 0.25) is 0 Å². The average molecular weight is 630 g/mol. The van der Waals surface area contributed by atoms with Crippen molar-refractivity contribution in [3.63, 3.8) is 0 Å². The van der Waals surface area contributed by atoms with Crippen LogP contribution in [0.15, 0.2) is 42.7 Å². The molecule has 3 heterocycles. The minimum atomic E-state index is -5.08. The van der Waals surface area contributed by atoms with Crippen molar-refractivity contribution in [3.8, 4) is 0 Å². The smallest absolute Gasteiger partial charge is 0.481 e. The summed E-state index contributed by atoms with van der Waals surface area (Å²) in [4.78, 5) is 26.1. The third-order valence-corrected chi connectivity index (χ3v) is 8.57. The number of hydrogen-bond donors (Lipinski definition) is 2. The van der Waals surface area contributed by atoms with Crippen molar-refractivity contribution in [2.24, 2.45) is 18.4 Å². The second-order valence-corrected chi connectivity index (χ2v) is 12.0. The molecule has 4 aromatic rings. The van der Waals surface area contributed by atoms with Gasteiger partial charge in [-0.2, -0.15) is 13.2 Å².